The molecule has 44 heavy (non-hydrogen) atoms. The molecule has 1 aliphatic heterocycles. The van der Waals surface area contributed by atoms with Crippen molar-refractivity contribution in [2.45, 2.75) is 38.0 Å². The van der Waals surface area contributed by atoms with Crippen LogP contribution >= 0.6 is 11.8 Å². The molecule has 2 atom stereocenters. The van der Waals surface area contributed by atoms with Gasteiger partial charge in [0.05, 0.1) is 17.9 Å². The first kappa shape index (κ1) is 31.0. The van der Waals surface area contributed by atoms with Crippen molar-refractivity contribution in [3.8, 4) is 0 Å². The summed E-state index contributed by atoms with van der Waals surface area (Å²) in [6, 6.07) is 12.2. The quantitative estimate of drug-likeness (QED) is 0.274. The Morgan fingerprint density at radius 3 is 2.43 bits per heavy atom. The molecule has 11 nitrogen and oxygen atoms in total. The number of rotatable bonds is 12. The predicted molar refractivity (Wildman–Crippen MR) is 171 cm³/mol. The average Bonchev–Trinajstić information content (AvgIpc) is 3.03. The zero-order valence-electron chi connectivity index (χ0n) is 24.6. The van der Waals surface area contributed by atoms with Gasteiger partial charge in [-0.15, -0.1) is 16.9 Å². The van der Waals surface area contributed by atoms with Gasteiger partial charge >= 0.3 is 11.9 Å². The molecule has 1 fully saturated rings. The van der Waals surface area contributed by atoms with E-state index < -0.39 is 23.6 Å². The zero-order valence-corrected chi connectivity index (χ0v) is 25.4. The van der Waals surface area contributed by atoms with Crippen molar-refractivity contribution >= 4 is 52.0 Å². The van der Waals surface area contributed by atoms with Crippen molar-refractivity contribution in [3.05, 3.63) is 77.7 Å². The number of piperazine rings is 1. The van der Waals surface area contributed by atoms with Crippen LogP contribution in [0.25, 0.3) is 10.8 Å². The summed E-state index contributed by atoms with van der Waals surface area (Å²) in [7, 11) is 0. The predicted octanol–water partition coefficient (Wildman–Crippen LogP) is 3.69. The number of fused-ring (bicyclic) bond motifs is 1. The Balaban J connectivity index is 1.14. The third kappa shape index (κ3) is 7.93. The smallest absolute Gasteiger partial charge is 0.317 e. The lowest BCUT2D eigenvalue weighted by atomic mass is 9.95. The van der Waals surface area contributed by atoms with E-state index in [1.165, 1.54) is 5.57 Å². The van der Waals surface area contributed by atoms with Crippen molar-refractivity contribution in [2.75, 3.05) is 41.7 Å². The Morgan fingerprint density at radius 1 is 1.02 bits per heavy atom. The Bertz CT molecular complexity index is 1570. The number of benzene rings is 1. The highest BCUT2D eigenvalue weighted by atomic mass is 32.2. The number of carbonyl (C=O) groups is 3. The number of pyridine rings is 1. The molecule has 3 heterocycles. The fraction of sp³-hybridized carbons (Fsp3) is 0.375. The highest BCUT2D eigenvalue weighted by Crippen LogP contribution is 2.29. The minimum Gasteiger partial charge on any atom is -0.481 e. The number of carboxylic acid groups (broad SMARTS) is 2. The highest BCUT2D eigenvalue weighted by molar-refractivity contribution is 8.01. The maximum atomic E-state index is 12.2. The molecule has 1 amide bonds. The minimum absolute atomic E-state index is 0.142. The zero-order chi connectivity index (χ0) is 31.1. The number of aromatic nitrogens is 3. The monoisotopic (exact) mass is 616 g/mol. The molecule has 0 radical (unpaired) electrons. The summed E-state index contributed by atoms with van der Waals surface area (Å²) >= 11 is 0.797. The molecule has 2 unspecified atom stereocenters. The molecule has 3 N–H and O–H groups in total. The van der Waals surface area contributed by atoms with E-state index in [-0.39, 0.29) is 18.2 Å². The van der Waals surface area contributed by atoms with E-state index in [4.69, 9.17) is 15.3 Å². The van der Waals surface area contributed by atoms with E-state index in [0.29, 0.717) is 5.92 Å². The fourth-order valence-electron chi connectivity index (χ4n) is 5.27. The van der Waals surface area contributed by atoms with Gasteiger partial charge in [0.2, 0.25) is 5.91 Å². The summed E-state index contributed by atoms with van der Waals surface area (Å²) in [4.78, 5) is 43.3. The summed E-state index contributed by atoms with van der Waals surface area (Å²) in [6.45, 7) is 5.56. The van der Waals surface area contributed by atoms with Gasteiger partial charge in [0.25, 0.3) is 0 Å². The number of aliphatic carboxylic acids is 2. The Kier molecular flexibility index (Phi) is 10.1. The first-order valence-corrected chi connectivity index (χ1v) is 15.7. The van der Waals surface area contributed by atoms with E-state index in [9.17, 15) is 14.4 Å². The van der Waals surface area contributed by atoms with Crippen LogP contribution in [0.1, 0.15) is 31.0 Å². The topological polar surface area (TPSA) is 149 Å². The van der Waals surface area contributed by atoms with Gasteiger partial charge in [0.1, 0.15) is 11.1 Å². The van der Waals surface area contributed by atoms with Crippen LogP contribution in [0.3, 0.4) is 0 Å². The number of carbonyl (C=O) groups excluding carboxylic acids is 1. The number of allylic oxidation sites excluding steroid dienone is 4. The summed E-state index contributed by atoms with van der Waals surface area (Å²) in [5.41, 5.74) is 3.09. The standard InChI is InChI=1S/C32H36N6O5S/c1-21-6-8-22(9-7-21)16-26-24-4-2-3-5-25(24)31(36-35-26)38-14-12-37(13-15-38)28-11-10-23(18-33-28)19-34-29(39)20-44-27(32(42)43)17-30(40)41/h2-6,8-11,18,21,27H,7,12-17,19-20H2,1H3,(H,34,39)(H,40,41)(H,42,43). The van der Waals surface area contributed by atoms with Gasteiger partial charge in [-0.05, 0) is 29.5 Å². The third-order valence-electron chi connectivity index (χ3n) is 7.76. The minimum atomic E-state index is -1.25. The molecular formula is C32H36N6O5S. The molecule has 1 aliphatic carbocycles. The summed E-state index contributed by atoms with van der Waals surface area (Å²) in [5, 5.41) is 31.1. The van der Waals surface area contributed by atoms with Crippen LogP contribution < -0.4 is 15.1 Å². The van der Waals surface area contributed by atoms with Gasteiger partial charge in [-0.3, -0.25) is 14.4 Å². The maximum absolute atomic E-state index is 12.2. The average molecular weight is 617 g/mol. The lowest BCUT2D eigenvalue weighted by Crippen LogP contribution is -2.47. The van der Waals surface area contributed by atoms with E-state index in [1.807, 2.05) is 18.2 Å². The molecule has 3 aromatic rings. The lowest BCUT2D eigenvalue weighted by Gasteiger charge is -2.36. The molecule has 0 spiro atoms. The van der Waals surface area contributed by atoms with Gasteiger partial charge in [-0.2, -0.15) is 5.10 Å². The number of nitrogens with one attached hydrogen (secondary N) is 1. The Labute approximate surface area is 260 Å². The van der Waals surface area contributed by atoms with E-state index in [0.717, 1.165) is 84.4 Å². The molecule has 230 valence electrons. The van der Waals surface area contributed by atoms with Crippen molar-refractivity contribution in [1.82, 2.24) is 20.5 Å². The van der Waals surface area contributed by atoms with Crippen molar-refractivity contribution in [2.24, 2.45) is 5.92 Å². The third-order valence-corrected chi connectivity index (χ3v) is 8.96. The molecular weight excluding hydrogens is 580 g/mol. The van der Waals surface area contributed by atoms with Crippen LogP contribution in [-0.2, 0) is 27.3 Å². The van der Waals surface area contributed by atoms with E-state index >= 15 is 0 Å². The number of hydrogen-bond donors (Lipinski definition) is 3. The number of amides is 1. The van der Waals surface area contributed by atoms with Crippen molar-refractivity contribution in [3.63, 3.8) is 0 Å². The van der Waals surface area contributed by atoms with Gasteiger partial charge < -0.3 is 25.3 Å². The Hall–Kier alpha value is -4.45. The van der Waals surface area contributed by atoms with Crippen LogP contribution in [0, 0.1) is 5.92 Å². The van der Waals surface area contributed by atoms with E-state index in [1.54, 1.807) is 6.20 Å². The lowest BCUT2D eigenvalue weighted by molar-refractivity contribution is -0.142. The van der Waals surface area contributed by atoms with Crippen LogP contribution in [-0.4, -0.2) is 80.4 Å². The van der Waals surface area contributed by atoms with Crippen LogP contribution in [0.4, 0.5) is 11.6 Å². The molecule has 2 aromatic heterocycles. The van der Waals surface area contributed by atoms with Crippen LogP contribution in [0.5, 0.6) is 0 Å². The SMILES string of the molecule is CC1C=CC(Cc2nnc(N3CCN(c4ccc(CNC(=O)CSC(CC(=O)O)C(=O)O)cn4)CC3)c3ccccc23)=CC1. The van der Waals surface area contributed by atoms with Gasteiger partial charge in [-0.25, -0.2) is 4.98 Å². The van der Waals surface area contributed by atoms with Gasteiger partial charge in [-0.1, -0.05) is 55.5 Å². The maximum Gasteiger partial charge on any atom is 0.317 e. The number of carboxylic acids is 2. The molecule has 2 aliphatic rings. The fourth-order valence-corrected chi connectivity index (χ4v) is 6.12. The first-order valence-electron chi connectivity index (χ1n) is 14.7. The highest BCUT2D eigenvalue weighted by Gasteiger charge is 2.24. The van der Waals surface area contributed by atoms with Gasteiger partial charge in [0.15, 0.2) is 5.82 Å². The molecule has 1 saturated heterocycles. The molecule has 1 aromatic carbocycles. The summed E-state index contributed by atoms with van der Waals surface area (Å²) < 4.78 is 0. The molecule has 12 heteroatoms. The number of thioether (sulfide) groups is 1. The van der Waals surface area contributed by atoms with Crippen LogP contribution in [0.2, 0.25) is 0 Å². The van der Waals surface area contributed by atoms with Crippen molar-refractivity contribution in [1.29, 1.82) is 0 Å². The van der Waals surface area contributed by atoms with Crippen molar-refractivity contribution < 1.29 is 24.6 Å². The molecule has 0 bridgehead atoms. The Morgan fingerprint density at radius 2 is 1.77 bits per heavy atom. The number of anilines is 2. The largest absolute Gasteiger partial charge is 0.481 e. The summed E-state index contributed by atoms with van der Waals surface area (Å²) in [5.74, 6) is -0.646. The number of hydrogen-bond acceptors (Lipinski definition) is 9. The second kappa shape index (κ2) is 14.3. The van der Waals surface area contributed by atoms with E-state index in [2.05, 4.69) is 68.6 Å². The second-order valence-corrected chi connectivity index (χ2v) is 12.2. The number of nitrogens with zero attached hydrogens (tertiary/aromatic N) is 5. The second-order valence-electron chi connectivity index (χ2n) is 11.1. The van der Waals surface area contributed by atoms with Gasteiger partial charge in [0, 0.05) is 56.1 Å². The summed E-state index contributed by atoms with van der Waals surface area (Å²) in [6.07, 6.45) is 9.77. The normalized spacial score (nSPS) is 17.3. The first-order chi connectivity index (χ1) is 21.3. The van der Waals surface area contributed by atoms with Crippen LogP contribution in [0.15, 0.2) is 66.4 Å². The molecule has 5 rings (SSSR count). The molecule has 0 saturated carbocycles.